The van der Waals surface area contributed by atoms with Crippen LogP contribution in [0.4, 0.5) is 0 Å². The van der Waals surface area contributed by atoms with Crippen LogP contribution in [-0.4, -0.2) is 22.1 Å². The number of aromatic nitrogens is 1. The van der Waals surface area contributed by atoms with Gasteiger partial charge in [-0.05, 0) is 77.3 Å². The molecule has 2 aromatic carbocycles. The first-order valence-corrected chi connectivity index (χ1v) is 13.0. The standard InChI is InChI=1S/C26H33N2O5P/c1-8-20-17-11-9-10-12-18(17)22-19-15-16(13-14-21(19)27-23(22)24(29)28-20)31-34(30,32-25(2,3)4)33-26(5,6)7/h9-15,20,27H,8H2,1-7H3,(H,28,29). The molecule has 182 valence electrons. The molecule has 0 bridgehead atoms. The Labute approximate surface area is 200 Å². The molecule has 2 N–H and O–H groups in total. The predicted molar refractivity (Wildman–Crippen MR) is 134 cm³/mol. The van der Waals surface area contributed by atoms with E-state index in [-0.39, 0.29) is 11.9 Å². The van der Waals surface area contributed by atoms with Crippen LogP contribution in [0.1, 0.15) is 77.0 Å². The molecule has 0 saturated carbocycles. The van der Waals surface area contributed by atoms with Crippen LogP contribution in [0.25, 0.3) is 22.0 Å². The third-order valence-corrected chi connectivity index (χ3v) is 7.28. The Bertz CT molecular complexity index is 1260. The third kappa shape index (κ3) is 5.07. The van der Waals surface area contributed by atoms with E-state index in [2.05, 4.69) is 10.3 Å². The Hall–Kier alpha value is -2.60. The molecule has 0 radical (unpaired) electrons. The number of phosphoric acid groups is 1. The normalized spacial score (nSPS) is 16.6. The minimum atomic E-state index is -3.96. The molecule has 4 rings (SSSR count). The minimum absolute atomic E-state index is 0.0837. The highest BCUT2D eigenvalue weighted by molar-refractivity contribution is 7.49. The van der Waals surface area contributed by atoms with E-state index >= 15 is 0 Å². The van der Waals surface area contributed by atoms with Crippen molar-refractivity contribution in [2.45, 2.75) is 72.1 Å². The second-order valence-corrected chi connectivity index (χ2v) is 12.0. The molecule has 1 aliphatic rings. The van der Waals surface area contributed by atoms with Crippen molar-refractivity contribution in [3.63, 3.8) is 0 Å². The zero-order valence-electron chi connectivity index (χ0n) is 20.8. The summed E-state index contributed by atoms with van der Waals surface area (Å²) in [5.74, 6) is 0.176. The maximum Gasteiger partial charge on any atom is 0.531 e. The zero-order valence-corrected chi connectivity index (χ0v) is 21.7. The van der Waals surface area contributed by atoms with E-state index in [4.69, 9.17) is 13.6 Å². The Morgan fingerprint density at radius 2 is 1.62 bits per heavy atom. The molecule has 34 heavy (non-hydrogen) atoms. The molecule has 1 aliphatic heterocycles. The van der Waals surface area contributed by atoms with Gasteiger partial charge in [-0.15, -0.1) is 0 Å². The van der Waals surface area contributed by atoms with Gasteiger partial charge in [-0.1, -0.05) is 31.2 Å². The Balaban J connectivity index is 1.84. The topological polar surface area (TPSA) is 89.7 Å². The molecule has 1 aromatic heterocycles. The largest absolute Gasteiger partial charge is 0.531 e. The van der Waals surface area contributed by atoms with Gasteiger partial charge >= 0.3 is 7.82 Å². The number of phosphoric ester groups is 1. The van der Waals surface area contributed by atoms with Crippen LogP contribution < -0.4 is 9.84 Å². The van der Waals surface area contributed by atoms with Crippen molar-refractivity contribution in [3.05, 3.63) is 53.7 Å². The van der Waals surface area contributed by atoms with E-state index in [1.165, 1.54) is 0 Å². The molecule has 8 heteroatoms. The van der Waals surface area contributed by atoms with Crippen molar-refractivity contribution in [3.8, 4) is 16.9 Å². The molecule has 1 unspecified atom stereocenters. The summed E-state index contributed by atoms with van der Waals surface area (Å²) >= 11 is 0. The molecular weight excluding hydrogens is 451 g/mol. The molecule has 1 amide bonds. The van der Waals surface area contributed by atoms with Gasteiger partial charge in [-0.25, -0.2) is 4.57 Å². The second kappa shape index (κ2) is 8.56. The summed E-state index contributed by atoms with van der Waals surface area (Å²) in [6.07, 6.45) is 0.775. The summed E-state index contributed by atoms with van der Waals surface area (Å²) in [7, 11) is -3.96. The lowest BCUT2D eigenvalue weighted by molar-refractivity contribution is 0.0224. The number of nitrogens with one attached hydrogen (secondary N) is 2. The molecular formula is C26H33N2O5P. The monoisotopic (exact) mass is 484 g/mol. The number of carbonyl (C=O) groups is 1. The van der Waals surface area contributed by atoms with Crippen LogP contribution in [0.2, 0.25) is 0 Å². The fourth-order valence-electron chi connectivity index (χ4n) is 4.19. The molecule has 3 aromatic rings. The van der Waals surface area contributed by atoms with Crippen molar-refractivity contribution < 1.29 is 22.9 Å². The summed E-state index contributed by atoms with van der Waals surface area (Å²) in [5, 5.41) is 3.92. The Kier molecular flexibility index (Phi) is 6.17. The average Bonchev–Trinajstić information content (AvgIpc) is 3.02. The van der Waals surface area contributed by atoms with Crippen LogP contribution in [0.15, 0.2) is 42.5 Å². The summed E-state index contributed by atoms with van der Waals surface area (Å²) in [6.45, 7) is 12.8. The SMILES string of the molecule is CCC1NC(=O)c2[nH]c3ccc(OP(=O)(OC(C)(C)C)OC(C)(C)C)cc3c2-c2ccccc21. The van der Waals surface area contributed by atoms with Crippen LogP contribution in [0, 0.1) is 0 Å². The van der Waals surface area contributed by atoms with Crippen LogP contribution in [-0.2, 0) is 13.6 Å². The molecule has 0 saturated heterocycles. The van der Waals surface area contributed by atoms with E-state index in [9.17, 15) is 9.36 Å². The minimum Gasteiger partial charge on any atom is -0.404 e. The van der Waals surface area contributed by atoms with Gasteiger partial charge in [-0.2, -0.15) is 0 Å². The molecule has 7 nitrogen and oxygen atoms in total. The summed E-state index contributed by atoms with van der Waals surface area (Å²) in [6, 6.07) is 13.2. The second-order valence-electron chi connectivity index (χ2n) is 10.5. The number of carbonyl (C=O) groups excluding carboxylic acids is 1. The molecule has 2 heterocycles. The number of amides is 1. The first-order valence-electron chi connectivity index (χ1n) is 11.6. The van der Waals surface area contributed by atoms with Gasteiger partial charge < -0.3 is 14.8 Å². The first kappa shape index (κ1) is 24.5. The summed E-state index contributed by atoms with van der Waals surface area (Å²) in [5.41, 5.74) is 2.61. The van der Waals surface area contributed by atoms with E-state index in [0.29, 0.717) is 11.4 Å². The number of hydrogen-bond donors (Lipinski definition) is 2. The fourth-order valence-corrected chi connectivity index (χ4v) is 6.02. The number of rotatable bonds is 5. The van der Waals surface area contributed by atoms with Crippen LogP contribution in [0.3, 0.4) is 0 Å². The van der Waals surface area contributed by atoms with Gasteiger partial charge in [0.2, 0.25) is 0 Å². The fraction of sp³-hybridized carbons (Fsp3) is 0.423. The van der Waals surface area contributed by atoms with Crippen molar-refractivity contribution in [1.29, 1.82) is 0 Å². The van der Waals surface area contributed by atoms with Gasteiger partial charge in [0.1, 0.15) is 11.4 Å². The highest BCUT2D eigenvalue weighted by Gasteiger charge is 2.39. The maximum atomic E-state index is 13.6. The number of benzene rings is 2. The predicted octanol–water partition coefficient (Wildman–Crippen LogP) is 7.15. The summed E-state index contributed by atoms with van der Waals surface area (Å²) in [4.78, 5) is 16.3. The van der Waals surface area contributed by atoms with Crippen molar-refractivity contribution in [1.82, 2.24) is 10.3 Å². The molecule has 0 spiro atoms. The molecule has 1 atom stereocenters. The summed E-state index contributed by atoms with van der Waals surface area (Å²) < 4.78 is 31.1. The van der Waals surface area contributed by atoms with Gasteiger partial charge in [0.05, 0.1) is 17.2 Å². The lowest BCUT2D eigenvalue weighted by Crippen LogP contribution is -2.27. The highest BCUT2D eigenvalue weighted by Crippen LogP contribution is 2.55. The molecule has 0 aliphatic carbocycles. The Morgan fingerprint density at radius 1 is 0.971 bits per heavy atom. The number of fused-ring (bicyclic) bond motifs is 5. The third-order valence-electron chi connectivity index (χ3n) is 5.30. The van der Waals surface area contributed by atoms with Crippen molar-refractivity contribution >= 4 is 24.6 Å². The number of aromatic amines is 1. The van der Waals surface area contributed by atoms with Crippen molar-refractivity contribution in [2.24, 2.45) is 0 Å². The highest BCUT2D eigenvalue weighted by atomic mass is 31.2. The lowest BCUT2D eigenvalue weighted by Gasteiger charge is -2.30. The maximum absolute atomic E-state index is 13.6. The quantitative estimate of drug-likeness (QED) is 0.376. The average molecular weight is 485 g/mol. The number of H-pyrrole nitrogens is 1. The zero-order chi connectivity index (χ0) is 24.9. The smallest absolute Gasteiger partial charge is 0.404 e. The van der Waals surface area contributed by atoms with Gasteiger partial charge in [0.25, 0.3) is 5.91 Å². The Morgan fingerprint density at radius 3 is 2.24 bits per heavy atom. The van der Waals surface area contributed by atoms with E-state index in [1.807, 2.05) is 37.3 Å². The van der Waals surface area contributed by atoms with Gasteiger partial charge in [-0.3, -0.25) is 13.8 Å². The van der Waals surface area contributed by atoms with Crippen LogP contribution in [0.5, 0.6) is 5.75 Å². The molecule has 0 fully saturated rings. The van der Waals surface area contributed by atoms with Crippen molar-refractivity contribution in [2.75, 3.05) is 0 Å². The van der Waals surface area contributed by atoms with Gasteiger partial charge in [0, 0.05) is 16.5 Å². The van der Waals surface area contributed by atoms with Gasteiger partial charge in [0.15, 0.2) is 0 Å². The van der Waals surface area contributed by atoms with E-state index in [0.717, 1.165) is 34.0 Å². The first-order chi connectivity index (χ1) is 15.8. The van der Waals surface area contributed by atoms with Crippen LogP contribution >= 0.6 is 7.82 Å². The van der Waals surface area contributed by atoms with E-state index < -0.39 is 19.0 Å². The number of hydrogen-bond acceptors (Lipinski definition) is 5. The lowest BCUT2D eigenvalue weighted by atomic mass is 9.93. The van der Waals surface area contributed by atoms with E-state index in [1.54, 1.807) is 53.7 Å².